The average Bonchev–Trinajstić information content (AvgIpc) is 2.53. The predicted octanol–water partition coefficient (Wildman–Crippen LogP) is 0.151. The fourth-order valence-electron chi connectivity index (χ4n) is 2.04. The number of benzene rings is 2. The van der Waals surface area contributed by atoms with Crippen LogP contribution in [0.2, 0.25) is 0 Å². The number of guanidine groups is 1. The highest BCUT2D eigenvalue weighted by atomic mass is 16.4. The number of hydrogen-bond acceptors (Lipinski definition) is 3. The summed E-state index contributed by atoms with van der Waals surface area (Å²) in [6.45, 7) is 0. The number of hydrogen-bond donors (Lipinski definition) is 1. The summed E-state index contributed by atoms with van der Waals surface area (Å²) in [6.07, 6.45) is 0.648. The molecular weight excluding hydrogens is 294 g/mol. The van der Waals surface area contributed by atoms with Crippen LogP contribution in [-0.2, 0) is 0 Å². The maximum absolute atomic E-state index is 10.9. The summed E-state index contributed by atoms with van der Waals surface area (Å²) in [7, 11) is 7.65. The van der Waals surface area contributed by atoms with E-state index in [2.05, 4.69) is 0 Å². The van der Waals surface area contributed by atoms with Crippen LogP contribution in [0.25, 0.3) is 10.8 Å². The quantitative estimate of drug-likeness (QED) is 0.369. The van der Waals surface area contributed by atoms with Crippen LogP contribution >= 0.6 is 0 Å². The van der Waals surface area contributed by atoms with E-state index in [9.17, 15) is 14.7 Å². The van der Waals surface area contributed by atoms with Crippen LogP contribution in [0.3, 0.4) is 0 Å². The van der Waals surface area contributed by atoms with Crippen molar-refractivity contribution in [3.8, 4) is 0 Å². The summed E-state index contributed by atoms with van der Waals surface area (Å²) in [5.41, 5.74) is 5.95. The lowest BCUT2D eigenvalue weighted by Crippen LogP contribution is -2.36. The fraction of sp³-hybridized carbons (Fsp3) is 0.235. The molecule has 0 saturated heterocycles. The van der Waals surface area contributed by atoms with Gasteiger partial charge in [-0.2, -0.15) is 0 Å². The molecule has 0 atom stereocenters. The van der Waals surface area contributed by atoms with Crippen LogP contribution in [-0.4, -0.2) is 55.9 Å². The lowest BCUT2D eigenvalue weighted by molar-refractivity contribution is -0.470. The average molecular weight is 315 g/mol. The highest BCUT2D eigenvalue weighted by molar-refractivity contribution is 6.09. The van der Waals surface area contributed by atoms with Crippen molar-refractivity contribution >= 4 is 29.0 Å². The number of nitrogens with two attached hydrogens (primary N) is 1. The van der Waals surface area contributed by atoms with Crippen LogP contribution in [0, 0.1) is 0 Å². The minimum Gasteiger partial charge on any atom is -0.545 e. The van der Waals surface area contributed by atoms with Crippen molar-refractivity contribution in [2.24, 2.45) is 5.73 Å². The maximum atomic E-state index is 10.9. The van der Waals surface area contributed by atoms with Crippen molar-refractivity contribution in [3.63, 3.8) is 0 Å². The van der Waals surface area contributed by atoms with Crippen LogP contribution < -0.4 is 10.8 Å². The molecule has 0 aliphatic carbocycles. The number of nitrogens with zero attached hydrogens (tertiary/aromatic N) is 2. The van der Waals surface area contributed by atoms with Gasteiger partial charge in [0.15, 0.2) is 6.29 Å². The van der Waals surface area contributed by atoms with Gasteiger partial charge in [0.05, 0.1) is 34.2 Å². The molecule has 0 unspecified atom stereocenters. The van der Waals surface area contributed by atoms with Gasteiger partial charge < -0.3 is 9.90 Å². The first kappa shape index (κ1) is 18.2. The molecule has 0 amide bonds. The van der Waals surface area contributed by atoms with Gasteiger partial charge in [0.25, 0.3) is 0 Å². The normalized spacial score (nSPS) is 9.57. The Labute approximate surface area is 135 Å². The predicted molar refractivity (Wildman–Crippen MR) is 88.7 cm³/mol. The van der Waals surface area contributed by atoms with Crippen LogP contribution in [0.1, 0.15) is 20.7 Å². The summed E-state index contributed by atoms with van der Waals surface area (Å²) in [5, 5.41) is 12.0. The van der Waals surface area contributed by atoms with E-state index in [1.807, 2.05) is 37.7 Å². The third kappa shape index (κ3) is 4.54. The Balaban J connectivity index is 0.000000284. The molecule has 2 aromatic rings. The maximum Gasteiger partial charge on any atom is 0.344 e. The smallest absolute Gasteiger partial charge is 0.344 e. The summed E-state index contributed by atoms with van der Waals surface area (Å²) in [5.74, 6) is -0.500. The molecule has 2 N–H and O–H groups in total. The number of fused-ring (bicyclic) bond motifs is 1. The van der Waals surface area contributed by atoms with E-state index in [0.717, 1.165) is 11.3 Å². The standard InChI is InChI=1S/C12H8O3.C5H13N3/c13-7-9-5-1-3-8-4-2-6-10(11(8)9)12(14)15;1-7(2)5(6)8(3)4/h1-7H,(H,14,15);6H,1-4H3. The van der Waals surface area contributed by atoms with Gasteiger partial charge >= 0.3 is 5.96 Å². The van der Waals surface area contributed by atoms with E-state index in [4.69, 9.17) is 5.73 Å². The van der Waals surface area contributed by atoms with Gasteiger partial charge in [0.2, 0.25) is 0 Å². The van der Waals surface area contributed by atoms with E-state index in [1.165, 1.54) is 6.07 Å². The molecule has 0 fully saturated rings. The number of aldehydes is 1. The van der Waals surface area contributed by atoms with Crippen molar-refractivity contribution in [2.45, 2.75) is 0 Å². The Hall–Kier alpha value is -2.89. The topological polar surface area (TPSA) is 89.5 Å². The summed E-state index contributed by atoms with van der Waals surface area (Å²) >= 11 is 0. The lowest BCUT2D eigenvalue weighted by Gasteiger charge is -2.08. The Morgan fingerprint density at radius 1 is 1.17 bits per heavy atom. The highest BCUT2D eigenvalue weighted by Crippen LogP contribution is 2.21. The molecule has 0 aliphatic heterocycles. The molecule has 0 aliphatic rings. The van der Waals surface area contributed by atoms with E-state index in [-0.39, 0.29) is 5.56 Å². The molecule has 6 heteroatoms. The summed E-state index contributed by atoms with van der Waals surface area (Å²) in [6, 6.07) is 9.88. The molecule has 0 heterocycles. The van der Waals surface area contributed by atoms with Crippen molar-refractivity contribution in [2.75, 3.05) is 28.2 Å². The van der Waals surface area contributed by atoms with Crippen molar-refractivity contribution in [3.05, 3.63) is 47.5 Å². The van der Waals surface area contributed by atoms with Crippen LogP contribution in [0.5, 0.6) is 0 Å². The number of carboxylic acids is 1. The zero-order chi connectivity index (χ0) is 17.6. The molecular formula is C17H21N3O3. The third-order valence-electron chi connectivity index (χ3n) is 3.20. The van der Waals surface area contributed by atoms with Crippen molar-refractivity contribution < 1.29 is 19.3 Å². The Bertz CT molecular complexity index is 743. The molecule has 122 valence electrons. The molecule has 23 heavy (non-hydrogen) atoms. The third-order valence-corrected chi connectivity index (χ3v) is 3.20. The van der Waals surface area contributed by atoms with E-state index >= 15 is 0 Å². The van der Waals surface area contributed by atoms with Gasteiger partial charge in [0, 0.05) is 16.5 Å². The minimum atomic E-state index is -1.27. The number of carbonyl (C=O) groups is 2. The van der Waals surface area contributed by atoms with Gasteiger partial charge in [-0.3, -0.25) is 20.0 Å². The summed E-state index contributed by atoms with van der Waals surface area (Å²) < 4.78 is 1.86. The van der Waals surface area contributed by atoms with Crippen molar-refractivity contribution in [1.29, 1.82) is 0 Å². The molecule has 6 nitrogen and oxygen atoms in total. The number of aromatic carboxylic acids is 1. The monoisotopic (exact) mass is 315 g/mol. The Morgan fingerprint density at radius 3 is 2.13 bits per heavy atom. The van der Waals surface area contributed by atoms with Gasteiger partial charge in [-0.15, -0.1) is 0 Å². The zero-order valence-corrected chi connectivity index (χ0v) is 13.7. The van der Waals surface area contributed by atoms with Gasteiger partial charge in [0.1, 0.15) is 0 Å². The SMILES string of the molecule is CN(C)C(N)=[N+](C)C.O=Cc1cccc2cccc(C(=O)[O-])c12. The largest absolute Gasteiger partial charge is 0.545 e. The molecule has 0 bridgehead atoms. The van der Waals surface area contributed by atoms with E-state index in [0.29, 0.717) is 17.2 Å². The van der Waals surface area contributed by atoms with E-state index in [1.54, 1.807) is 30.3 Å². The first-order valence-corrected chi connectivity index (χ1v) is 6.95. The van der Waals surface area contributed by atoms with Gasteiger partial charge in [-0.1, -0.05) is 36.4 Å². The Morgan fingerprint density at radius 2 is 1.74 bits per heavy atom. The zero-order valence-electron chi connectivity index (χ0n) is 13.7. The molecule has 0 spiro atoms. The first-order valence-electron chi connectivity index (χ1n) is 6.95. The highest BCUT2D eigenvalue weighted by Gasteiger charge is 2.05. The van der Waals surface area contributed by atoms with Crippen molar-refractivity contribution in [1.82, 2.24) is 4.90 Å². The van der Waals surface area contributed by atoms with Crippen LogP contribution in [0.4, 0.5) is 0 Å². The molecule has 0 aromatic heterocycles. The molecule has 2 aromatic carbocycles. The second-order valence-electron chi connectivity index (χ2n) is 5.30. The Kier molecular flexibility index (Phi) is 6.26. The number of rotatable bonds is 2. The van der Waals surface area contributed by atoms with Gasteiger partial charge in [-0.05, 0) is 5.39 Å². The first-order chi connectivity index (χ1) is 10.8. The fourth-order valence-corrected chi connectivity index (χ4v) is 2.04. The second kappa shape index (κ2) is 7.93. The lowest BCUT2D eigenvalue weighted by atomic mass is 10.00. The molecule has 0 saturated carbocycles. The van der Waals surface area contributed by atoms with Crippen LogP contribution in [0.15, 0.2) is 36.4 Å². The second-order valence-corrected chi connectivity index (χ2v) is 5.30. The molecule has 2 rings (SSSR count). The number of carboxylic acid groups (broad SMARTS) is 1. The number of carbonyl (C=O) groups excluding carboxylic acids is 2. The summed E-state index contributed by atoms with van der Waals surface area (Å²) in [4.78, 5) is 23.5. The minimum absolute atomic E-state index is 0.0511. The molecule has 0 radical (unpaired) electrons. The van der Waals surface area contributed by atoms with Gasteiger partial charge in [-0.25, -0.2) is 0 Å². The van der Waals surface area contributed by atoms with E-state index < -0.39 is 5.97 Å².